The average molecular weight is 453 g/mol. The number of sulfonamides is 1. The summed E-state index contributed by atoms with van der Waals surface area (Å²) in [6, 6.07) is 6.69. The summed E-state index contributed by atoms with van der Waals surface area (Å²) < 4.78 is 28.3. The number of carbonyl (C=O) groups is 2. The Bertz CT molecular complexity index is 1060. The summed E-state index contributed by atoms with van der Waals surface area (Å²) in [5.74, 6) is -0.635. The number of hydrogen-bond donors (Lipinski definition) is 3. The van der Waals surface area contributed by atoms with Crippen LogP contribution in [0.3, 0.4) is 0 Å². The van der Waals surface area contributed by atoms with Gasteiger partial charge in [0.25, 0.3) is 5.91 Å². The van der Waals surface area contributed by atoms with Crippen molar-refractivity contribution in [1.29, 1.82) is 0 Å². The predicted molar refractivity (Wildman–Crippen MR) is 115 cm³/mol. The first kappa shape index (κ1) is 22.3. The Morgan fingerprint density at radius 3 is 2.53 bits per heavy atom. The van der Waals surface area contributed by atoms with Gasteiger partial charge in [-0.2, -0.15) is 0 Å². The summed E-state index contributed by atoms with van der Waals surface area (Å²) in [6.45, 7) is 4.45. The molecule has 0 unspecified atom stereocenters. The Balaban J connectivity index is 1.68. The molecule has 0 atom stereocenters. The van der Waals surface area contributed by atoms with Crippen LogP contribution >= 0.6 is 11.6 Å². The van der Waals surface area contributed by atoms with Gasteiger partial charge in [-0.15, -0.1) is 0 Å². The molecule has 0 saturated carbocycles. The van der Waals surface area contributed by atoms with E-state index in [1.54, 1.807) is 43.0 Å². The Morgan fingerprint density at radius 1 is 1.17 bits per heavy atom. The molecule has 0 aliphatic carbocycles. The van der Waals surface area contributed by atoms with Gasteiger partial charge >= 0.3 is 0 Å². The van der Waals surface area contributed by atoms with Gasteiger partial charge in [0.05, 0.1) is 5.56 Å². The highest BCUT2D eigenvalue weighted by molar-refractivity contribution is 7.89. The third-order valence-corrected chi connectivity index (χ3v) is 6.81. The number of nitrogens with one attached hydrogen (secondary N) is 3. The van der Waals surface area contributed by atoms with Gasteiger partial charge in [-0.25, -0.2) is 13.1 Å². The molecule has 0 bridgehead atoms. The number of amides is 2. The number of nitrogens with zero attached hydrogens (tertiary/aromatic N) is 1. The molecule has 1 aromatic heterocycles. The average Bonchev–Trinajstić information content (AvgIpc) is 3.29. The monoisotopic (exact) mass is 452 g/mol. The van der Waals surface area contributed by atoms with Crippen molar-refractivity contribution in [2.45, 2.75) is 38.0 Å². The van der Waals surface area contributed by atoms with E-state index in [9.17, 15) is 18.0 Å². The molecular formula is C20H25ClN4O4S. The molecular weight excluding hydrogens is 428 g/mol. The van der Waals surface area contributed by atoms with Crippen LogP contribution in [0.5, 0.6) is 0 Å². The molecule has 3 rings (SSSR count). The third kappa shape index (κ3) is 5.03. The fourth-order valence-corrected chi connectivity index (χ4v) is 5.26. The minimum atomic E-state index is -3.98. The summed E-state index contributed by atoms with van der Waals surface area (Å²) >= 11 is 5.89. The number of aromatic nitrogens is 1. The number of likely N-dealkylation sites (tertiary alicyclic amines) is 1. The molecule has 1 aliphatic heterocycles. The zero-order chi connectivity index (χ0) is 21.9. The second-order valence-electron chi connectivity index (χ2n) is 7.28. The number of aromatic amines is 1. The normalized spacial score (nSPS) is 14.2. The van der Waals surface area contributed by atoms with E-state index in [-0.39, 0.29) is 35.2 Å². The van der Waals surface area contributed by atoms with Crippen LogP contribution < -0.4 is 10.0 Å². The minimum absolute atomic E-state index is 0.0489. The number of carbonyl (C=O) groups excluding carboxylic acids is 2. The Hall–Kier alpha value is -2.36. The van der Waals surface area contributed by atoms with E-state index in [1.165, 1.54) is 0 Å². The highest BCUT2D eigenvalue weighted by Gasteiger charge is 2.32. The highest BCUT2D eigenvalue weighted by atomic mass is 35.5. The summed E-state index contributed by atoms with van der Waals surface area (Å²) in [5.41, 5.74) is 1.62. The summed E-state index contributed by atoms with van der Waals surface area (Å²) in [6.07, 6.45) is 1.76. The molecule has 30 heavy (non-hydrogen) atoms. The van der Waals surface area contributed by atoms with E-state index in [0.29, 0.717) is 35.2 Å². The van der Waals surface area contributed by atoms with E-state index in [2.05, 4.69) is 15.0 Å². The maximum Gasteiger partial charge on any atom is 0.257 e. The fourth-order valence-electron chi connectivity index (χ4n) is 3.59. The number of halogens is 1. The lowest BCUT2D eigenvalue weighted by Crippen LogP contribution is -2.32. The Labute approximate surface area is 181 Å². The zero-order valence-corrected chi connectivity index (χ0v) is 18.5. The summed E-state index contributed by atoms with van der Waals surface area (Å²) in [4.78, 5) is 29.6. The van der Waals surface area contributed by atoms with Gasteiger partial charge < -0.3 is 15.2 Å². The van der Waals surface area contributed by atoms with Crippen molar-refractivity contribution in [3.63, 3.8) is 0 Å². The Morgan fingerprint density at radius 2 is 1.87 bits per heavy atom. The molecule has 1 aromatic carbocycles. The van der Waals surface area contributed by atoms with Crippen molar-refractivity contribution in [3.05, 3.63) is 46.2 Å². The maximum atomic E-state index is 12.9. The number of hydrogen-bond acceptors (Lipinski definition) is 4. The van der Waals surface area contributed by atoms with E-state index in [1.807, 2.05) is 0 Å². The van der Waals surface area contributed by atoms with Gasteiger partial charge in [0.15, 0.2) is 0 Å². The van der Waals surface area contributed by atoms with E-state index in [4.69, 9.17) is 11.6 Å². The zero-order valence-electron chi connectivity index (χ0n) is 16.9. The molecule has 1 saturated heterocycles. The first-order valence-corrected chi connectivity index (χ1v) is 11.6. The standard InChI is InChI=1S/C20H25ClN4O4S/c1-13-18(20(27)25-10-3-4-11-25)19(14(2)23-13)30(28,29)22-9-8-17(26)24-16-7-5-6-15(21)12-16/h5-7,12,22-23H,3-4,8-11H2,1-2H3,(H,24,26). The summed E-state index contributed by atoms with van der Waals surface area (Å²) in [7, 11) is -3.98. The minimum Gasteiger partial charge on any atom is -0.361 e. The lowest BCUT2D eigenvalue weighted by Gasteiger charge is -2.17. The Kier molecular flexibility index (Phi) is 6.84. The molecule has 162 valence electrons. The quantitative estimate of drug-likeness (QED) is 0.599. The maximum absolute atomic E-state index is 12.9. The van der Waals surface area contributed by atoms with Crippen LogP contribution in [0.1, 0.15) is 41.0 Å². The highest BCUT2D eigenvalue weighted by Crippen LogP contribution is 2.26. The van der Waals surface area contributed by atoms with Gasteiger partial charge in [0, 0.05) is 48.2 Å². The van der Waals surface area contributed by atoms with E-state index < -0.39 is 10.0 Å². The summed E-state index contributed by atoms with van der Waals surface area (Å²) in [5, 5.41) is 3.15. The lowest BCUT2D eigenvalue weighted by molar-refractivity contribution is -0.116. The van der Waals surface area contributed by atoms with Crippen LogP contribution in [0.4, 0.5) is 5.69 Å². The topological polar surface area (TPSA) is 111 Å². The molecule has 2 heterocycles. The molecule has 2 amide bonds. The van der Waals surface area contributed by atoms with Gasteiger partial charge in [-0.3, -0.25) is 9.59 Å². The molecule has 1 aliphatic rings. The SMILES string of the molecule is Cc1[nH]c(C)c(S(=O)(=O)NCCC(=O)Nc2cccc(Cl)c2)c1C(=O)N1CCCC1. The van der Waals surface area contributed by atoms with Crippen LogP contribution in [-0.2, 0) is 14.8 Å². The van der Waals surface area contributed by atoms with Crippen LogP contribution in [0, 0.1) is 13.8 Å². The van der Waals surface area contributed by atoms with Crippen LogP contribution in [0.25, 0.3) is 0 Å². The molecule has 2 aromatic rings. The molecule has 0 radical (unpaired) electrons. The number of H-pyrrole nitrogens is 1. The van der Waals surface area contributed by atoms with Gasteiger partial charge in [-0.05, 0) is 44.9 Å². The number of benzene rings is 1. The van der Waals surface area contributed by atoms with Crippen LogP contribution in [0.2, 0.25) is 5.02 Å². The van der Waals surface area contributed by atoms with Gasteiger partial charge in [0.1, 0.15) is 4.90 Å². The number of aryl methyl sites for hydroxylation is 2. The first-order chi connectivity index (χ1) is 14.2. The van der Waals surface area contributed by atoms with Crippen molar-refractivity contribution >= 4 is 39.1 Å². The lowest BCUT2D eigenvalue weighted by atomic mass is 10.2. The van der Waals surface area contributed by atoms with Crippen molar-refractivity contribution in [2.75, 3.05) is 25.0 Å². The van der Waals surface area contributed by atoms with Crippen molar-refractivity contribution in [3.8, 4) is 0 Å². The van der Waals surface area contributed by atoms with Crippen LogP contribution in [0.15, 0.2) is 29.2 Å². The van der Waals surface area contributed by atoms with Crippen molar-refractivity contribution < 1.29 is 18.0 Å². The van der Waals surface area contributed by atoms with Gasteiger partial charge in [0.2, 0.25) is 15.9 Å². The molecule has 10 heteroatoms. The number of rotatable bonds is 7. The largest absolute Gasteiger partial charge is 0.361 e. The third-order valence-electron chi connectivity index (χ3n) is 4.95. The molecule has 3 N–H and O–H groups in total. The predicted octanol–water partition coefficient (Wildman–Crippen LogP) is 2.83. The number of anilines is 1. The molecule has 1 fully saturated rings. The van der Waals surface area contributed by atoms with Crippen molar-refractivity contribution in [1.82, 2.24) is 14.6 Å². The second-order valence-corrected chi connectivity index (χ2v) is 9.42. The van der Waals surface area contributed by atoms with Crippen LogP contribution in [-0.4, -0.2) is 49.8 Å². The van der Waals surface area contributed by atoms with Crippen molar-refractivity contribution in [2.24, 2.45) is 0 Å². The molecule has 8 nitrogen and oxygen atoms in total. The fraction of sp³-hybridized carbons (Fsp3) is 0.400. The first-order valence-electron chi connectivity index (χ1n) is 9.72. The van der Waals surface area contributed by atoms with Gasteiger partial charge in [-0.1, -0.05) is 17.7 Å². The second kappa shape index (κ2) is 9.20. The molecule has 0 spiro atoms. The van der Waals surface area contributed by atoms with E-state index in [0.717, 1.165) is 12.8 Å². The van der Waals surface area contributed by atoms with E-state index >= 15 is 0 Å². The smallest absolute Gasteiger partial charge is 0.257 e.